The van der Waals surface area contributed by atoms with E-state index < -0.39 is 10.0 Å². The summed E-state index contributed by atoms with van der Waals surface area (Å²) < 4.78 is 28.8. The van der Waals surface area contributed by atoms with Gasteiger partial charge in [0, 0.05) is 54.8 Å². The quantitative estimate of drug-likeness (QED) is 0.390. The fraction of sp³-hybridized carbons (Fsp3) is 0.160. The number of carbonyl (C=O) groups excluding carboxylic acids is 1. The van der Waals surface area contributed by atoms with Crippen molar-refractivity contribution in [2.24, 2.45) is 0 Å². The van der Waals surface area contributed by atoms with Gasteiger partial charge in [-0.15, -0.1) is 0 Å². The minimum absolute atomic E-state index is 0.199. The lowest BCUT2D eigenvalue weighted by Gasteiger charge is -2.33. The van der Waals surface area contributed by atoms with E-state index in [9.17, 15) is 13.2 Å². The van der Waals surface area contributed by atoms with E-state index in [0.717, 1.165) is 26.4 Å². The Morgan fingerprint density at radius 1 is 0.824 bits per heavy atom. The van der Waals surface area contributed by atoms with Crippen molar-refractivity contribution in [1.29, 1.82) is 0 Å². The fourth-order valence-corrected chi connectivity index (χ4v) is 5.87. The van der Waals surface area contributed by atoms with Crippen LogP contribution in [0.15, 0.2) is 88.6 Å². The molecular formula is C25H21BrN4O3S. The van der Waals surface area contributed by atoms with Crippen LogP contribution >= 0.6 is 15.9 Å². The molecule has 2 aromatic heterocycles. The Morgan fingerprint density at radius 2 is 1.53 bits per heavy atom. The maximum Gasteiger partial charge on any atom is 0.272 e. The third-order valence-corrected chi connectivity index (χ3v) is 8.32. The summed E-state index contributed by atoms with van der Waals surface area (Å²) in [4.78, 5) is 23.2. The molecule has 0 unspecified atom stereocenters. The highest BCUT2D eigenvalue weighted by atomic mass is 79.9. The first kappa shape index (κ1) is 22.6. The molecule has 1 amide bonds. The van der Waals surface area contributed by atoms with Gasteiger partial charge in [-0.25, -0.2) is 8.42 Å². The number of piperazine rings is 1. The third-order valence-electron chi connectivity index (χ3n) is 5.93. The molecule has 1 aliphatic heterocycles. The zero-order valence-electron chi connectivity index (χ0n) is 18.1. The Bertz CT molecular complexity index is 1450. The predicted molar refractivity (Wildman–Crippen MR) is 134 cm³/mol. The maximum absolute atomic E-state index is 13.2. The molecule has 1 aliphatic rings. The molecule has 7 nitrogen and oxygen atoms in total. The van der Waals surface area contributed by atoms with Crippen molar-refractivity contribution in [2.75, 3.05) is 26.2 Å². The summed E-state index contributed by atoms with van der Waals surface area (Å²) in [5, 5.41) is 1.82. The van der Waals surface area contributed by atoms with Gasteiger partial charge in [0.25, 0.3) is 5.91 Å². The summed E-state index contributed by atoms with van der Waals surface area (Å²) in [5.41, 5.74) is 2.22. The Kier molecular flexibility index (Phi) is 6.16. The molecule has 1 saturated heterocycles. The molecule has 1 fully saturated rings. The number of carbonyl (C=O) groups is 1. The number of amides is 1. The highest BCUT2D eigenvalue weighted by Gasteiger charge is 2.31. The minimum Gasteiger partial charge on any atom is -0.335 e. The highest BCUT2D eigenvalue weighted by Crippen LogP contribution is 2.25. The molecular weight excluding hydrogens is 516 g/mol. The molecule has 3 heterocycles. The zero-order chi connectivity index (χ0) is 23.7. The van der Waals surface area contributed by atoms with Gasteiger partial charge < -0.3 is 4.90 Å². The fourth-order valence-electron chi connectivity index (χ4n) is 4.03. The van der Waals surface area contributed by atoms with Gasteiger partial charge in [0.2, 0.25) is 10.0 Å². The number of pyridine rings is 2. The van der Waals surface area contributed by atoms with Gasteiger partial charge in [-0.05, 0) is 58.8 Å². The van der Waals surface area contributed by atoms with Crippen LogP contribution in [-0.4, -0.2) is 59.7 Å². The summed E-state index contributed by atoms with van der Waals surface area (Å²) >= 11 is 3.44. The summed E-state index contributed by atoms with van der Waals surface area (Å²) in [7, 11) is -3.65. The second kappa shape index (κ2) is 9.25. The van der Waals surface area contributed by atoms with Crippen LogP contribution in [0.2, 0.25) is 0 Å². The van der Waals surface area contributed by atoms with Gasteiger partial charge >= 0.3 is 0 Å². The molecule has 172 valence electrons. The van der Waals surface area contributed by atoms with Gasteiger partial charge in [0.15, 0.2) is 0 Å². The van der Waals surface area contributed by atoms with E-state index >= 15 is 0 Å². The summed E-state index contributed by atoms with van der Waals surface area (Å²) in [6.45, 7) is 1.10. The van der Waals surface area contributed by atoms with Gasteiger partial charge in [-0.1, -0.05) is 34.1 Å². The van der Waals surface area contributed by atoms with Crippen molar-refractivity contribution in [1.82, 2.24) is 19.2 Å². The largest absolute Gasteiger partial charge is 0.335 e. The van der Waals surface area contributed by atoms with Crippen LogP contribution in [0, 0.1) is 0 Å². The molecule has 34 heavy (non-hydrogen) atoms. The lowest BCUT2D eigenvalue weighted by atomic mass is 10.1. The lowest BCUT2D eigenvalue weighted by molar-refractivity contribution is 0.0692. The van der Waals surface area contributed by atoms with Crippen molar-refractivity contribution in [2.45, 2.75) is 4.90 Å². The molecule has 0 saturated carbocycles. The van der Waals surface area contributed by atoms with E-state index in [4.69, 9.17) is 0 Å². The van der Waals surface area contributed by atoms with Crippen molar-refractivity contribution in [3.8, 4) is 11.1 Å². The first-order chi connectivity index (χ1) is 16.4. The highest BCUT2D eigenvalue weighted by molar-refractivity contribution is 9.10. The van der Waals surface area contributed by atoms with Crippen LogP contribution < -0.4 is 0 Å². The zero-order valence-corrected chi connectivity index (χ0v) is 20.5. The molecule has 2 aromatic carbocycles. The number of halogens is 1. The average Bonchev–Trinajstić information content (AvgIpc) is 2.88. The number of sulfonamides is 1. The van der Waals surface area contributed by atoms with Gasteiger partial charge in [0.05, 0.1) is 4.90 Å². The minimum atomic E-state index is -3.65. The maximum atomic E-state index is 13.2. The first-order valence-electron chi connectivity index (χ1n) is 10.8. The summed E-state index contributed by atoms with van der Waals surface area (Å²) in [6.07, 6.45) is 5.08. The number of benzene rings is 2. The van der Waals surface area contributed by atoms with Crippen LogP contribution in [0.3, 0.4) is 0 Å². The SMILES string of the molecule is O=C(c1ccc(-c2ccncc2)cn1)N1CCN(S(=O)(=O)c2ccc3cc(Br)ccc3c2)CC1. The lowest BCUT2D eigenvalue weighted by Crippen LogP contribution is -2.50. The molecule has 0 atom stereocenters. The molecule has 0 radical (unpaired) electrons. The molecule has 9 heteroatoms. The number of rotatable bonds is 4. The van der Waals surface area contributed by atoms with Crippen molar-refractivity contribution in [3.63, 3.8) is 0 Å². The molecule has 4 aromatic rings. The Balaban J connectivity index is 1.27. The molecule has 0 bridgehead atoms. The van der Waals surface area contributed by atoms with Crippen molar-refractivity contribution >= 4 is 42.6 Å². The van der Waals surface area contributed by atoms with E-state index in [1.807, 2.05) is 42.5 Å². The average molecular weight is 537 g/mol. The van der Waals surface area contributed by atoms with Gasteiger partial charge in [0.1, 0.15) is 5.69 Å². The Morgan fingerprint density at radius 3 is 2.24 bits per heavy atom. The third kappa shape index (κ3) is 4.46. The molecule has 0 N–H and O–H groups in total. The smallest absolute Gasteiger partial charge is 0.272 e. The summed E-state index contributed by atoms with van der Waals surface area (Å²) in [6, 6.07) is 18.2. The number of nitrogens with zero attached hydrogens (tertiary/aromatic N) is 4. The molecule has 5 rings (SSSR count). The van der Waals surface area contributed by atoms with Crippen LogP contribution in [0.25, 0.3) is 21.9 Å². The standard InChI is InChI=1S/C25H21BrN4O3S/c26-22-4-1-20-16-23(5-2-19(20)15-22)34(32,33)30-13-11-29(12-14-30)25(31)24-6-3-21(17-28-24)18-7-9-27-10-8-18/h1-10,15-17H,11-14H2. The Hall–Kier alpha value is -3.14. The number of aromatic nitrogens is 2. The van der Waals surface area contributed by atoms with E-state index in [0.29, 0.717) is 18.8 Å². The van der Waals surface area contributed by atoms with Crippen LogP contribution in [0.5, 0.6) is 0 Å². The normalized spacial score (nSPS) is 14.9. The number of fused-ring (bicyclic) bond motifs is 1. The summed E-state index contributed by atoms with van der Waals surface area (Å²) in [5.74, 6) is -0.199. The topological polar surface area (TPSA) is 83.5 Å². The van der Waals surface area contributed by atoms with Crippen LogP contribution in [-0.2, 0) is 10.0 Å². The van der Waals surface area contributed by atoms with E-state index in [2.05, 4.69) is 25.9 Å². The number of hydrogen-bond acceptors (Lipinski definition) is 5. The molecule has 0 spiro atoms. The van der Waals surface area contributed by atoms with Crippen molar-refractivity contribution in [3.05, 3.63) is 89.4 Å². The first-order valence-corrected chi connectivity index (χ1v) is 13.0. The van der Waals surface area contributed by atoms with Crippen LogP contribution in [0.1, 0.15) is 10.5 Å². The van der Waals surface area contributed by atoms with Crippen LogP contribution in [0.4, 0.5) is 0 Å². The van der Waals surface area contributed by atoms with E-state index in [-0.39, 0.29) is 23.9 Å². The van der Waals surface area contributed by atoms with E-state index in [1.165, 1.54) is 4.31 Å². The van der Waals surface area contributed by atoms with Gasteiger partial charge in [-0.2, -0.15) is 4.31 Å². The Labute approximate surface area is 206 Å². The predicted octanol–water partition coefficient (Wildman–Crippen LogP) is 4.21. The van der Waals surface area contributed by atoms with E-state index in [1.54, 1.807) is 41.7 Å². The second-order valence-corrected chi connectivity index (χ2v) is 10.9. The van der Waals surface area contributed by atoms with Crippen molar-refractivity contribution < 1.29 is 13.2 Å². The molecule has 0 aliphatic carbocycles. The second-order valence-electron chi connectivity index (χ2n) is 8.02. The monoisotopic (exact) mass is 536 g/mol. The van der Waals surface area contributed by atoms with Gasteiger partial charge in [-0.3, -0.25) is 14.8 Å². The number of hydrogen-bond donors (Lipinski definition) is 0.